The number of nitrogens with zero attached hydrogens (tertiary/aromatic N) is 1. The molecule has 5 heteroatoms. The van der Waals surface area contributed by atoms with E-state index >= 15 is 0 Å². The molecule has 3 rings (SSSR count). The van der Waals surface area contributed by atoms with Gasteiger partial charge in [-0.1, -0.05) is 13.8 Å². The van der Waals surface area contributed by atoms with Gasteiger partial charge in [-0.25, -0.2) is 4.98 Å². The van der Waals surface area contributed by atoms with E-state index in [1.54, 1.807) is 11.3 Å². The van der Waals surface area contributed by atoms with Gasteiger partial charge in [-0.15, -0.1) is 22.7 Å². The first-order valence-corrected chi connectivity index (χ1v) is 9.05. The van der Waals surface area contributed by atoms with E-state index < -0.39 is 0 Å². The van der Waals surface area contributed by atoms with Crippen molar-refractivity contribution in [3.05, 3.63) is 26.5 Å². The van der Waals surface area contributed by atoms with Crippen molar-refractivity contribution < 1.29 is 0 Å². The van der Waals surface area contributed by atoms with E-state index in [1.807, 2.05) is 11.3 Å². The summed E-state index contributed by atoms with van der Waals surface area (Å²) in [4.78, 5) is 7.60. The molecular weight excluding hydrogens is 340 g/mol. The summed E-state index contributed by atoms with van der Waals surface area (Å²) in [7, 11) is 0. The number of thiophene rings is 1. The van der Waals surface area contributed by atoms with Crippen LogP contribution in [0.25, 0.3) is 9.88 Å². The van der Waals surface area contributed by atoms with Crippen molar-refractivity contribution in [1.29, 1.82) is 0 Å². The second kappa shape index (κ2) is 5.64. The summed E-state index contributed by atoms with van der Waals surface area (Å²) in [5.41, 5.74) is 1.35. The zero-order valence-corrected chi connectivity index (χ0v) is 14.3. The minimum absolute atomic E-state index is 0.522. The molecule has 0 atom stereocenters. The molecule has 2 heterocycles. The fourth-order valence-electron chi connectivity index (χ4n) is 2.00. The minimum atomic E-state index is 0.522. The first-order valence-electron chi connectivity index (χ1n) is 6.62. The summed E-state index contributed by atoms with van der Waals surface area (Å²) in [6.45, 7) is 5.33. The van der Waals surface area contributed by atoms with Gasteiger partial charge in [-0.3, -0.25) is 0 Å². The van der Waals surface area contributed by atoms with Crippen molar-refractivity contribution in [3.63, 3.8) is 0 Å². The fourth-order valence-corrected chi connectivity index (χ4v) is 4.54. The lowest BCUT2D eigenvalue weighted by Crippen LogP contribution is -2.21. The quantitative estimate of drug-likeness (QED) is 0.814. The van der Waals surface area contributed by atoms with Crippen LogP contribution in [0.2, 0.25) is 0 Å². The van der Waals surface area contributed by atoms with Crippen molar-refractivity contribution in [2.75, 3.05) is 0 Å². The van der Waals surface area contributed by atoms with Gasteiger partial charge in [0.25, 0.3) is 0 Å². The third kappa shape index (κ3) is 3.27. The molecule has 1 N–H and O–H groups in total. The van der Waals surface area contributed by atoms with E-state index in [9.17, 15) is 0 Å². The van der Waals surface area contributed by atoms with Gasteiger partial charge < -0.3 is 5.32 Å². The highest BCUT2D eigenvalue weighted by Gasteiger charge is 2.29. The predicted molar refractivity (Wildman–Crippen MR) is 87.1 cm³/mol. The summed E-state index contributed by atoms with van der Waals surface area (Å²) in [5, 5.41) is 4.70. The van der Waals surface area contributed by atoms with Gasteiger partial charge >= 0.3 is 0 Å². The number of hydrogen-bond acceptors (Lipinski definition) is 4. The van der Waals surface area contributed by atoms with E-state index in [-0.39, 0.29) is 0 Å². The van der Waals surface area contributed by atoms with Crippen molar-refractivity contribution in [2.45, 2.75) is 45.2 Å². The molecule has 0 radical (unpaired) electrons. The van der Waals surface area contributed by atoms with Crippen LogP contribution < -0.4 is 5.32 Å². The largest absolute Gasteiger partial charge is 0.310 e. The molecule has 2 aromatic rings. The first-order chi connectivity index (χ1) is 9.13. The van der Waals surface area contributed by atoms with Crippen LogP contribution in [0.1, 0.15) is 43.2 Å². The topological polar surface area (TPSA) is 24.9 Å². The lowest BCUT2D eigenvalue weighted by Gasteiger charge is -2.06. The maximum absolute atomic E-state index is 4.90. The Balaban J connectivity index is 1.87. The van der Waals surface area contributed by atoms with Gasteiger partial charge in [0.2, 0.25) is 0 Å². The molecule has 0 aliphatic heterocycles. The highest BCUT2D eigenvalue weighted by Crippen LogP contribution is 2.45. The number of halogens is 1. The van der Waals surface area contributed by atoms with Crippen LogP contribution in [0.3, 0.4) is 0 Å². The first kappa shape index (κ1) is 13.7. The summed E-state index contributed by atoms with van der Waals surface area (Å²) in [5.74, 6) is 0.720. The molecule has 1 saturated carbocycles. The second-order valence-electron chi connectivity index (χ2n) is 5.24. The van der Waals surface area contributed by atoms with Crippen molar-refractivity contribution in [3.8, 4) is 9.88 Å². The van der Waals surface area contributed by atoms with E-state index in [0.29, 0.717) is 6.04 Å². The van der Waals surface area contributed by atoms with Gasteiger partial charge in [0.05, 0.1) is 14.4 Å². The van der Waals surface area contributed by atoms with Gasteiger partial charge in [0, 0.05) is 23.4 Å². The molecule has 1 aliphatic carbocycles. The molecule has 1 aliphatic rings. The van der Waals surface area contributed by atoms with E-state index in [4.69, 9.17) is 4.98 Å². The van der Waals surface area contributed by atoms with Gasteiger partial charge in [0.15, 0.2) is 0 Å². The van der Waals surface area contributed by atoms with E-state index in [1.165, 1.54) is 37.1 Å². The number of thiazole rings is 1. The molecular formula is C14H17BrN2S2. The summed E-state index contributed by atoms with van der Waals surface area (Å²) >= 11 is 7.14. The van der Waals surface area contributed by atoms with Crippen molar-refractivity contribution in [2.24, 2.45) is 0 Å². The SMILES string of the molecule is CC(C)NCc1sc(-c2ccc(Br)s2)nc1C1CC1. The fraction of sp³-hybridized carbons (Fsp3) is 0.500. The molecule has 2 nitrogen and oxygen atoms in total. The van der Waals surface area contributed by atoms with Crippen molar-refractivity contribution >= 4 is 38.6 Å². The molecule has 19 heavy (non-hydrogen) atoms. The third-order valence-electron chi connectivity index (χ3n) is 3.15. The maximum atomic E-state index is 4.90. The highest BCUT2D eigenvalue weighted by molar-refractivity contribution is 9.11. The Morgan fingerprint density at radius 3 is 2.74 bits per heavy atom. The van der Waals surface area contributed by atoms with Crippen LogP contribution in [0, 0.1) is 0 Å². The zero-order valence-electron chi connectivity index (χ0n) is 11.1. The Hall–Kier alpha value is -0.230. The average Bonchev–Trinajstić information content (AvgIpc) is 2.97. The van der Waals surface area contributed by atoms with Crippen molar-refractivity contribution in [1.82, 2.24) is 10.3 Å². The molecule has 0 saturated heterocycles. The molecule has 0 aromatic carbocycles. The summed E-state index contributed by atoms with van der Waals surface area (Å²) < 4.78 is 1.17. The zero-order chi connectivity index (χ0) is 13.4. The van der Waals surface area contributed by atoms with E-state index in [0.717, 1.165) is 12.5 Å². The molecule has 0 spiro atoms. The molecule has 1 fully saturated rings. The maximum Gasteiger partial charge on any atom is 0.133 e. The summed E-state index contributed by atoms with van der Waals surface area (Å²) in [6, 6.07) is 4.78. The minimum Gasteiger partial charge on any atom is -0.310 e. The number of hydrogen-bond donors (Lipinski definition) is 1. The van der Waals surface area contributed by atoms with Crippen LogP contribution in [0.5, 0.6) is 0 Å². The predicted octanol–water partition coefficient (Wildman–Crippen LogP) is 5.01. The number of rotatable bonds is 5. The third-order valence-corrected chi connectivity index (χ3v) is 6.01. The van der Waals surface area contributed by atoms with Gasteiger partial charge in [0.1, 0.15) is 5.01 Å². The molecule has 2 aromatic heterocycles. The van der Waals surface area contributed by atoms with Gasteiger partial charge in [-0.2, -0.15) is 0 Å². The Bertz CT molecular complexity index is 570. The second-order valence-corrected chi connectivity index (χ2v) is 8.79. The average molecular weight is 357 g/mol. The van der Waals surface area contributed by atoms with Gasteiger partial charge in [-0.05, 0) is 40.9 Å². The van der Waals surface area contributed by atoms with Crippen LogP contribution >= 0.6 is 38.6 Å². The molecule has 102 valence electrons. The molecule has 0 unspecified atom stereocenters. The highest BCUT2D eigenvalue weighted by atomic mass is 79.9. The van der Waals surface area contributed by atoms with Crippen LogP contribution in [-0.4, -0.2) is 11.0 Å². The Morgan fingerprint density at radius 1 is 1.37 bits per heavy atom. The normalized spacial score (nSPS) is 15.4. The van der Waals surface area contributed by atoms with Crippen LogP contribution in [0.4, 0.5) is 0 Å². The Morgan fingerprint density at radius 2 is 2.16 bits per heavy atom. The number of nitrogens with one attached hydrogen (secondary N) is 1. The Kier molecular flexibility index (Phi) is 4.08. The summed E-state index contributed by atoms with van der Waals surface area (Å²) in [6.07, 6.45) is 2.62. The Labute approximate surface area is 130 Å². The molecule has 0 amide bonds. The smallest absolute Gasteiger partial charge is 0.133 e. The van der Waals surface area contributed by atoms with Crippen LogP contribution in [0.15, 0.2) is 15.9 Å². The monoisotopic (exact) mass is 356 g/mol. The van der Waals surface area contributed by atoms with E-state index in [2.05, 4.69) is 47.2 Å². The van der Waals surface area contributed by atoms with Crippen LogP contribution in [-0.2, 0) is 6.54 Å². The standard InChI is InChI=1S/C14H17BrN2S2/c1-8(2)16-7-11-13(9-3-4-9)17-14(19-11)10-5-6-12(15)18-10/h5-6,8-9,16H,3-4,7H2,1-2H3. The molecule has 0 bridgehead atoms. The lowest BCUT2D eigenvalue weighted by atomic mass is 10.2. The number of aromatic nitrogens is 1. The lowest BCUT2D eigenvalue weighted by molar-refractivity contribution is 0.590.